The van der Waals surface area contributed by atoms with Gasteiger partial charge in [-0.1, -0.05) is 0 Å². The van der Waals surface area contributed by atoms with E-state index in [1.54, 1.807) is 11.1 Å². The molecule has 2 atom stereocenters. The maximum Gasteiger partial charge on any atom is -1.00 e. The van der Waals surface area contributed by atoms with Crippen LogP contribution in [-0.4, -0.2) is 16.6 Å². The molecule has 0 bridgehead atoms. The van der Waals surface area contributed by atoms with Crippen LogP contribution >= 0.6 is 0 Å². The van der Waals surface area contributed by atoms with Crippen molar-refractivity contribution in [2.45, 2.75) is 97.9 Å². The normalized spacial score (nSPS) is 20.3. The van der Waals surface area contributed by atoms with Crippen molar-refractivity contribution in [1.29, 1.82) is 0 Å². The molecule has 0 amide bonds. The Bertz CT molecular complexity index is 1200. The van der Waals surface area contributed by atoms with E-state index in [-0.39, 0.29) is 34.9 Å². The Morgan fingerprint density at radius 2 is 0.949 bits per heavy atom. The van der Waals surface area contributed by atoms with Gasteiger partial charge in [0.1, 0.15) is 0 Å². The summed E-state index contributed by atoms with van der Waals surface area (Å²) < 4.78 is 15.5. The van der Waals surface area contributed by atoms with Crippen molar-refractivity contribution in [2.24, 2.45) is 0 Å². The van der Waals surface area contributed by atoms with Gasteiger partial charge in [0.15, 0.2) is 0 Å². The predicted molar refractivity (Wildman–Crippen MR) is 158 cm³/mol. The second-order valence-corrected chi connectivity index (χ2v) is 27.2. The molecule has 0 saturated carbocycles. The summed E-state index contributed by atoms with van der Waals surface area (Å²) in [6.07, 6.45) is 2.18. The van der Waals surface area contributed by atoms with Gasteiger partial charge < -0.3 is 24.8 Å². The molecule has 2 aromatic rings. The Hall–Kier alpha value is -0.583. The van der Waals surface area contributed by atoms with Crippen LogP contribution in [0.15, 0.2) is 59.7 Å². The summed E-state index contributed by atoms with van der Waals surface area (Å²) in [7, 11) is -3.91. The van der Waals surface area contributed by atoms with Crippen LogP contribution in [0, 0.1) is 0 Å². The standard InChI is InChI=1S/C32H44O2Si2.2ClH.Zr/c1-31(2,3)35(7,8)33-29-25(21-23-15-11-13-17-27(23)29)19-20-26-22-24-16-12-14-18-28(24)30(26)34-36(9,10)32(4,5)6;;;/h11-18,21-22H,19-20H2,1-10H3;2*1H;/q;;;+2/p-2. The summed E-state index contributed by atoms with van der Waals surface area (Å²) in [5.41, 5.74) is 9.03. The van der Waals surface area contributed by atoms with E-state index in [1.807, 2.05) is 0 Å². The first-order valence-corrected chi connectivity index (χ1v) is 22.6. The van der Waals surface area contributed by atoms with E-state index >= 15 is 0 Å². The number of benzene rings is 2. The molecule has 210 valence electrons. The molecule has 0 aromatic heterocycles. The van der Waals surface area contributed by atoms with Gasteiger partial charge in [0, 0.05) is 0 Å². The summed E-state index contributed by atoms with van der Waals surface area (Å²) in [5.74, 6) is 2.49. The fourth-order valence-electron chi connectivity index (χ4n) is 5.28. The molecule has 0 unspecified atom stereocenters. The summed E-state index contributed by atoms with van der Waals surface area (Å²) in [5, 5.41) is 0.362. The molecule has 2 aromatic carbocycles. The Morgan fingerprint density at radius 3 is 1.28 bits per heavy atom. The second kappa shape index (κ2) is 11.2. The zero-order chi connectivity index (χ0) is 27.0. The molecule has 5 rings (SSSR count). The first kappa shape index (κ1) is 32.9. The Balaban J connectivity index is 0.00000210. The molecule has 39 heavy (non-hydrogen) atoms. The van der Waals surface area contributed by atoms with Crippen molar-refractivity contribution in [2.75, 3.05) is 0 Å². The summed E-state index contributed by atoms with van der Waals surface area (Å²) >= 11 is -0.943. The van der Waals surface area contributed by atoms with E-state index in [1.165, 1.54) is 33.8 Å². The number of fused-ring (bicyclic) bond motifs is 6. The van der Waals surface area contributed by atoms with Gasteiger partial charge in [-0.15, -0.1) is 0 Å². The maximum absolute atomic E-state index is 7.16. The molecule has 0 spiro atoms. The number of hydrogen-bond donors (Lipinski definition) is 0. The molecule has 2 aliphatic carbocycles. The molecule has 1 aliphatic heterocycles. The molecular weight excluding hydrogens is 635 g/mol. The molecule has 1 saturated heterocycles. The zero-order valence-corrected chi connectivity index (χ0v) is 31.2. The third-order valence-electron chi connectivity index (χ3n) is 9.64. The number of hydrogen-bond acceptors (Lipinski definition) is 2. The van der Waals surface area contributed by atoms with E-state index < -0.39 is 39.9 Å². The minimum atomic E-state index is -1.95. The van der Waals surface area contributed by atoms with Crippen molar-refractivity contribution < 1.29 is 56.9 Å². The van der Waals surface area contributed by atoms with Gasteiger partial charge in [-0.05, 0) is 0 Å². The Labute approximate surface area is 263 Å². The predicted octanol–water partition coefficient (Wildman–Crippen LogP) is 3.85. The quantitative estimate of drug-likeness (QED) is 0.458. The fourth-order valence-corrected chi connectivity index (χ4v) is 12.7. The van der Waals surface area contributed by atoms with Crippen molar-refractivity contribution >= 4 is 28.2 Å². The largest absolute Gasteiger partial charge is 1.00 e. The molecule has 3 aliphatic rings. The van der Waals surface area contributed by atoms with Crippen LogP contribution in [0.4, 0.5) is 0 Å². The van der Waals surface area contributed by atoms with E-state index in [0.29, 0.717) is 7.25 Å². The first-order valence-electron chi connectivity index (χ1n) is 13.9. The molecule has 1 fully saturated rings. The Kier molecular flexibility index (Phi) is 9.50. The van der Waals surface area contributed by atoms with Gasteiger partial charge in [-0.25, -0.2) is 0 Å². The van der Waals surface area contributed by atoms with E-state index in [0.717, 1.165) is 12.8 Å². The summed E-state index contributed by atoms with van der Waals surface area (Å²) in [4.78, 5) is 0. The van der Waals surface area contributed by atoms with E-state index in [4.69, 9.17) is 8.85 Å². The zero-order valence-electron chi connectivity index (χ0n) is 25.3. The van der Waals surface area contributed by atoms with E-state index in [9.17, 15) is 0 Å². The Morgan fingerprint density at radius 1 is 0.615 bits per heavy atom. The molecular formula is C32H44Cl2O2Si2Zr. The summed E-state index contributed by atoms with van der Waals surface area (Å²) in [6.45, 7) is 23.7. The number of allylic oxidation sites excluding steroid dienone is 2. The van der Waals surface area contributed by atoms with Crippen LogP contribution in [0.5, 0.6) is 0 Å². The molecule has 7 heteroatoms. The summed E-state index contributed by atoms with van der Waals surface area (Å²) in [6, 6.07) is 18.3. The van der Waals surface area contributed by atoms with Gasteiger partial charge in [0.25, 0.3) is 0 Å². The van der Waals surface area contributed by atoms with Crippen molar-refractivity contribution in [3.63, 3.8) is 0 Å². The van der Waals surface area contributed by atoms with Crippen LogP contribution in [0.25, 0.3) is 11.5 Å². The van der Waals surface area contributed by atoms with Gasteiger partial charge in [0.2, 0.25) is 0 Å². The first-order chi connectivity index (χ1) is 17.1. The number of rotatable bonds is 4. The van der Waals surface area contributed by atoms with Crippen LogP contribution in [0.2, 0.25) is 36.3 Å². The van der Waals surface area contributed by atoms with Crippen LogP contribution in [-0.2, 0) is 32.1 Å². The third-order valence-corrected chi connectivity index (χ3v) is 23.2. The fraction of sp³-hybridized carbons (Fsp3) is 0.500. The van der Waals surface area contributed by atoms with Crippen molar-refractivity contribution in [1.82, 2.24) is 0 Å². The number of halogens is 2. The monoisotopic (exact) mass is 676 g/mol. The minimum absolute atomic E-state index is 0. The third kappa shape index (κ3) is 5.74. The second-order valence-electron chi connectivity index (χ2n) is 14.1. The van der Waals surface area contributed by atoms with Gasteiger partial charge >= 0.3 is 240 Å². The average Bonchev–Trinajstić information content (AvgIpc) is 3.14. The average molecular weight is 679 g/mol. The SMILES string of the molecule is CC(C)(C)[Si](C)(C)OC1=C2CCC3=C(O[Si](C)(C)C(C)(C)C)c4ccccc4[C@H]3[Zr+2][C@H]2c2ccccc21.[Cl-].[Cl-]. The smallest absolute Gasteiger partial charge is 1.00 e. The molecule has 0 N–H and O–H groups in total. The van der Waals surface area contributed by atoms with Gasteiger partial charge in [0.05, 0.1) is 0 Å². The van der Waals surface area contributed by atoms with Crippen LogP contribution < -0.4 is 24.8 Å². The van der Waals surface area contributed by atoms with Crippen LogP contribution in [0.3, 0.4) is 0 Å². The molecule has 1 heterocycles. The van der Waals surface area contributed by atoms with Gasteiger partial charge in [-0.3, -0.25) is 0 Å². The van der Waals surface area contributed by atoms with Gasteiger partial charge in [-0.2, -0.15) is 0 Å². The molecule has 2 nitrogen and oxygen atoms in total. The topological polar surface area (TPSA) is 18.5 Å². The van der Waals surface area contributed by atoms with Crippen LogP contribution in [0.1, 0.15) is 83.9 Å². The van der Waals surface area contributed by atoms with Crippen molar-refractivity contribution in [3.8, 4) is 0 Å². The maximum atomic E-state index is 7.16. The van der Waals surface area contributed by atoms with E-state index in [2.05, 4.69) is 116 Å². The molecule has 0 radical (unpaired) electrons. The van der Waals surface area contributed by atoms with Crippen molar-refractivity contribution in [3.05, 3.63) is 81.9 Å². The minimum Gasteiger partial charge on any atom is -1.00 e.